The average Bonchev–Trinajstić information content (AvgIpc) is 1.67. The molecule has 0 saturated carbocycles. The van der Waals surface area contributed by atoms with Crippen LogP contribution >= 0.6 is 0 Å². The van der Waals surface area contributed by atoms with Crippen LogP contribution in [0.5, 0.6) is 0 Å². The lowest BCUT2D eigenvalue weighted by atomic mass is 9.69. The molecule has 0 radical (unpaired) electrons. The molecule has 614 valence electrons. The van der Waals surface area contributed by atoms with Crippen LogP contribution < -0.4 is 5.32 Å². The maximum atomic E-state index is 12.9. The molecule has 6 aliphatic rings. The second-order valence-corrected chi connectivity index (χ2v) is 43.4. The topological polar surface area (TPSA) is 221 Å². The van der Waals surface area contributed by atoms with Crippen molar-refractivity contribution in [2.24, 2.45) is 38.4 Å². The molecule has 1 amide bonds. The number of piperidine rings is 1. The fourth-order valence-corrected chi connectivity index (χ4v) is 17.3. The molecular weight excluding hydrogens is 1320 g/mol. The van der Waals surface area contributed by atoms with Gasteiger partial charge in [0.05, 0.1) is 55.9 Å². The molecule has 1 unspecified atom stereocenters. The van der Waals surface area contributed by atoms with E-state index in [0.717, 1.165) is 89.0 Å². The molecule has 0 aromatic heterocycles. The Kier molecular flexibility index (Phi) is 32.5. The van der Waals surface area contributed by atoms with Gasteiger partial charge in [-0.25, -0.2) is 0 Å². The number of hydroxylamine groups is 12. The first kappa shape index (κ1) is 100.0. The summed E-state index contributed by atoms with van der Waals surface area (Å²) in [5.41, 5.74) is -0.573. The molecule has 0 bridgehead atoms. The van der Waals surface area contributed by atoms with Gasteiger partial charge in [-0.3, -0.25) is 19.2 Å². The molecule has 0 aliphatic carbocycles. The van der Waals surface area contributed by atoms with Crippen molar-refractivity contribution in [3.8, 4) is 0 Å². The molecule has 0 spiro atoms. The van der Waals surface area contributed by atoms with Gasteiger partial charge in [0.25, 0.3) is 0 Å². The van der Waals surface area contributed by atoms with Crippen LogP contribution in [0.3, 0.4) is 0 Å². The van der Waals surface area contributed by atoms with Gasteiger partial charge in [0.1, 0.15) is 5.78 Å². The number of carbonyl (C=O) groups is 4. The Morgan fingerprint density at radius 2 is 0.724 bits per heavy atom. The third-order valence-electron chi connectivity index (χ3n) is 23.8. The standard InChI is InChI=1S/C17H31NO2.C17H33NO.C14H28N2O2.C14H27NO2.C13H23NO2.C13H25NO/c1-8-16(9-2)12-13(14(19)15(5,6)7)17(10-3,11-4)18(16)20;1-8-16(9-2)13-14(12-15(5,6)7)17(10-3,11-4)18(16)19;1-12(2,3)9-11(17)15-10-8-13(4,5)16(18)14(10,6)7;1-12(2,3)11(16)10-8-13(4,5)15(17)14(6,7)9-10;1-11(2,3)10(15)9-8-12(4,5)14(16)13(9,6)7;1-11(2,3)8-10-9-12(4,5)14(15)13(10,6)7/h12,20H,8-11H2,1-7H3;13,19H,8-12H2,1-7H3;10,18H,8-9H2,1-7H3,(H,15,17);10,17H,8-9H2,1-7H3;8,16H,1-7H3;9,15H,8H2,1-7H3. The first-order valence-electron chi connectivity index (χ1n) is 40.3. The summed E-state index contributed by atoms with van der Waals surface area (Å²) in [6, 6.07) is -0.0210. The summed E-state index contributed by atoms with van der Waals surface area (Å²) in [6.45, 7) is 85.9. The third kappa shape index (κ3) is 23.1. The SMILES string of the molecule is CC(C)(C)C(=O)C1=CC(C)(C)N(O)C1(C)C.CC(C)(C)C(=O)C1CC(C)(C)N(O)C(C)(C)C1.CC(C)(C)CC(=O)NC1CC(C)(C)N(O)C1(C)C.CC(C)(C)CC1=CC(C)(C)N(O)C1(C)C.CCC1(CC)C=C(C(=O)C(C)(C)C)C(CC)(CC)N1O.CCC1(CC)C=C(CC(C)(C)C)C(CC)(CC)N1O. The number of nitrogens with zero attached hydrogens (tertiary/aromatic N) is 6. The van der Waals surface area contributed by atoms with Crippen LogP contribution in [0.15, 0.2) is 46.6 Å². The van der Waals surface area contributed by atoms with Gasteiger partial charge in [-0.2, -0.15) is 30.4 Å². The zero-order valence-electron chi connectivity index (χ0n) is 75.9. The number of hydrogen-bond donors (Lipinski definition) is 7. The van der Waals surface area contributed by atoms with E-state index in [9.17, 15) is 50.4 Å². The lowest BCUT2D eigenvalue weighted by molar-refractivity contribution is -0.250. The fraction of sp³-hybridized carbons (Fsp3) is 0.864. The van der Waals surface area contributed by atoms with Crippen LogP contribution in [0.2, 0.25) is 0 Å². The van der Waals surface area contributed by atoms with Crippen molar-refractivity contribution in [2.45, 2.75) is 453 Å². The highest BCUT2D eigenvalue weighted by molar-refractivity contribution is 6.02. The Morgan fingerprint density at radius 3 is 1.02 bits per heavy atom. The van der Waals surface area contributed by atoms with Crippen LogP contribution in [0, 0.1) is 38.4 Å². The van der Waals surface area contributed by atoms with Gasteiger partial charge in [0.2, 0.25) is 5.91 Å². The fourth-order valence-electron chi connectivity index (χ4n) is 17.3. The molecule has 2 saturated heterocycles. The average molecular weight is 1480 g/mol. The van der Waals surface area contributed by atoms with Crippen molar-refractivity contribution in [1.82, 2.24) is 35.7 Å². The highest BCUT2D eigenvalue weighted by atomic mass is 16.5. The molecule has 105 heavy (non-hydrogen) atoms. The van der Waals surface area contributed by atoms with Crippen molar-refractivity contribution in [3.63, 3.8) is 0 Å². The lowest BCUT2D eigenvalue weighted by Gasteiger charge is -2.51. The predicted octanol–water partition coefficient (Wildman–Crippen LogP) is 21.7. The maximum absolute atomic E-state index is 12.9. The number of rotatable bonds is 15. The molecule has 17 heteroatoms. The first-order valence-corrected chi connectivity index (χ1v) is 40.3. The van der Waals surface area contributed by atoms with Crippen LogP contribution in [-0.2, 0) is 19.2 Å². The summed E-state index contributed by atoms with van der Waals surface area (Å²) in [6.07, 6.45) is 20.3. The van der Waals surface area contributed by atoms with Crippen LogP contribution in [0.1, 0.15) is 381 Å². The summed E-state index contributed by atoms with van der Waals surface area (Å²) >= 11 is 0. The maximum Gasteiger partial charge on any atom is 0.220 e. The normalized spacial score (nSPS) is 24.5. The summed E-state index contributed by atoms with van der Waals surface area (Å²) < 4.78 is 0. The Balaban J connectivity index is 0.000000631. The summed E-state index contributed by atoms with van der Waals surface area (Å²) in [5, 5.41) is 74.2. The Labute approximate surface area is 644 Å². The number of carbonyl (C=O) groups excluding carboxylic acids is 4. The smallest absolute Gasteiger partial charge is 0.220 e. The van der Waals surface area contributed by atoms with Gasteiger partial charge in [-0.15, -0.1) is 0 Å². The first-order chi connectivity index (χ1) is 46.5. The number of nitrogens with one attached hydrogen (secondary N) is 1. The molecule has 0 aromatic carbocycles. The molecule has 7 N–H and O–H groups in total. The Bertz CT molecular complexity index is 3020. The highest BCUT2D eigenvalue weighted by Crippen LogP contribution is 2.52. The largest absolute Gasteiger partial charge is 0.351 e. The zero-order valence-corrected chi connectivity index (χ0v) is 75.9. The van der Waals surface area contributed by atoms with Crippen molar-refractivity contribution >= 4 is 23.3 Å². The molecule has 0 aromatic rings. The van der Waals surface area contributed by atoms with Crippen molar-refractivity contribution < 1.29 is 50.4 Å². The zero-order chi connectivity index (χ0) is 83.7. The summed E-state index contributed by atoms with van der Waals surface area (Å²) in [4.78, 5) is 49.6. The van der Waals surface area contributed by atoms with E-state index < -0.39 is 38.5 Å². The van der Waals surface area contributed by atoms with E-state index in [0.29, 0.717) is 17.8 Å². The minimum atomic E-state index is -0.617. The van der Waals surface area contributed by atoms with Gasteiger partial charge in [-0.1, -0.05) is 204 Å². The van der Waals surface area contributed by atoms with Gasteiger partial charge in [0.15, 0.2) is 11.6 Å². The Morgan fingerprint density at radius 1 is 0.381 bits per heavy atom. The van der Waals surface area contributed by atoms with Crippen LogP contribution in [0.25, 0.3) is 0 Å². The molecule has 6 rings (SSSR count). The lowest BCUT2D eigenvalue weighted by Crippen LogP contribution is -2.60. The summed E-state index contributed by atoms with van der Waals surface area (Å²) in [5.74, 6) is 0.674. The number of hydrogen-bond acceptors (Lipinski definition) is 16. The van der Waals surface area contributed by atoms with Crippen LogP contribution in [-0.4, -0.2) is 157 Å². The molecule has 6 heterocycles. The predicted molar refractivity (Wildman–Crippen MR) is 435 cm³/mol. The van der Waals surface area contributed by atoms with Gasteiger partial charge < -0.3 is 36.6 Å². The van der Waals surface area contributed by atoms with Crippen molar-refractivity contribution in [2.75, 3.05) is 0 Å². The quantitative estimate of drug-likeness (QED) is 0.0758. The van der Waals surface area contributed by atoms with Gasteiger partial charge in [0, 0.05) is 56.3 Å². The van der Waals surface area contributed by atoms with Crippen molar-refractivity contribution in [3.05, 3.63) is 46.6 Å². The monoisotopic (exact) mass is 1480 g/mol. The minimum Gasteiger partial charge on any atom is -0.351 e. The Hall–Kier alpha value is -3.04. The van der Waals surface area contributed by atoms with Crippen molar-refractivity contribution in [1.29, 1.82) is 0 Å². The number of amides is 1. The van der Waals surface area contributed by atoms with Gasteiger partial charge >= 0.3 is 0 Å². The molecular formula is C88H167N7O10. The van der Waals surface area contributed by atoms with E-state index in [2.05, 4.69) is 149 Å². The van der Waals surface area contributed by atoms with Crippen LogP contribution in [0.4, 0.5) is 0 Å². The van der Waals surface area contributed by atoms with E-state index in [4.69, 9.17) is 0 Å². The highest BCUT2D eigenvalue weighted by Gasteiger charge is 2.57. The summed E-state index contributed by atoms with van der Waals surface area (Å²) in [7, 11) is 0. The van der Waals surface area contributed by atoms with Gasteiger partial charge in [-0.05, 0) is 222 Å². The number of Topliss-reactive ketones (excluding diaryl/α,β-unsaturated/α-hetero) is 3. The van der Waals surface area contributed by atoms with E-state index in [1.165, 1.54) is 36.5 Å². The van der Waals surface area contributed by atoms with E-state index >= 15 is 0 Å². The molecule has 1 atom stereocenters. The second-order valence-electron chi connectivity index (χ2n) is 43.4. The van der Waals surface area contributed by atoms with E-state index in [1.807, 2.05) is 171 Å². The molecule has 17 nitrogen and oxygen atoms in total. The molecule has 6 aliphatic heterocycles. The second kappa shape index (κ2) is 34.1. The minimum absolute atomic E-state index is 0.0126. The third-order valence-corrected chi connectivity index (χ3v) is 23.8. The molecule has 2 fully saturated rings. The van der Waals surface area contributed by atoms with E-state index in [1.54, 1.807) is 5.06 Å². The van der Waals surface area contributed by atoms with E-state index in [-0.39, 0.29) is 89.9 Å². The number of ketones is 3.